The first kappa shape index (κ1) is 21.9. The average molecular weight is 462 g/mol. The molecule has 0 aliphatic carbocycles. The molecule has 0 saturated heterocycles. The Labute approximate surface area is 193 Å². The number of carbonyl (C=O) groups is 1. The molecule has 10 heteroatoms. The van der Waals surface area contributed by atoms with Crippen molar-refractivity contribution in [3.8, 4) is 17.3 Å². The summed E-state index contributed by atoms with van der Waals surface area (Å²) in [5.41, 5.74) is 1.17. The van der Waals surface area contributed by atoms with Crippen LogP contribution in [0.2, 0.25) is 5.02 Å². The Balaban J connectivity index is 1.58. The molecule has 0 bridgehead atoms. The van der Waals surface area contributed by atoms with E-state index >= 15 is 0 Å². The minimum absolute atomic E-state index is 0.0110. The number of aryl methyl sites for hydroxylation is 1. The highest BCUT2D eigenvalue weighted by Gasteiger charge is 2.16. The fourth-order valence-corrected chi connectivity index (χ4v) is 3.36. The highest BCUT2D eigenvalue weighted by molar-refractivity contribution is 6.31. The number of nitrogens with zero attached hydrogens (tertiary/aromatic N) is 5. The van der Waals surface area contributed by atoms with Gasteiger partial charge < -0.3 is 10.6 Å². The lowest BCUT2D eigenvalue weighted by atomic mass is 10.0. The molecule has 0 saturated carbocycles. The molecule has 4 rings (SSSR count). The Morgan fingerprint density at radius 1 is 1.21 bits per heavy atom. The maximum atomic E-state index is 15.0. The second-order valence-electron chi connectivity index (χ2n) is 7.04. The number of nitrogens with one attached hydrogen (secondary N) is 2. The SMILES string of the molecule is Cn1nccc1Nc1nccc(-c2cc(C#N)c(NC(=O)Cc3ccccc3Cl)cc2F)n1. The molecule has 0 unspecified atom stereocenters. The highest BCUT2D eigenvalue weighted by atomic mass is 35.5. The minimum Gasteiger partial charge on any atom is -0.325 e. The van der Waals surface area contributed by atoms with Crippen LogP contribution in [0.3, 0.4) is 0 Å². The maximum Gasteiger partial charge on any atom is 0.228 e. The van der Waals surface area contributed by atoms with E-state index in [0.717, 1.165) is 6.07 Å². The normalized spacial score (nSPS) is 10.5. The first-order chi connectivity index (χ1) is 15.9. The van der Waals surface area contributed by atoms with E-state index in [2.05, 4.69) is 25.7 Å². The Bertz CT molecular complexity index is 1380. The largest absolute Gasteiger partial charge is 0.325 e. The molecule has 0 aliphatic heterocycles. The van der Waals surface area contributed by atoms with E-state index in [-0.39, 0.29) is 34.9 Å². The lowest BCUT2D eigenvalue weighted by Gasteiger charge is -2.11. The van der Waals surface area contributed by atoms with Crippen molar-refractivity contribution in [1.82, 2.24) is 19.7 Å². The average Bonchev–Trinajstić information content (AvgIpc) is 3.20. The molecule has 1 amide bonds. The molecule has 4 aromatic rings. The van der Waals surface area contributed by atoms with Gasteiger partial charge in [-0.3, -0.25) is 9.48 Å². The molecular formula is C23H17ClFN7O. The van der Waals surface area contributed by atoms with Crippen LogP contribution in [0.1, 0.15) is 11.1 Å². The van der Waals surface area contributed by atoms with Gasteiger partial charge in [0.05, 0.1) is 29.6 Å². The zero-order valence-corrected chi connectivity index (χ0v) is 18.1. The Kier molecular flexibility index (Phi) is 6.29. The summed E-state index contributed by atoms with van der Waals surface area (Å²) in [6.45, 7) is 0. The number of hydrogen-bond acceptors (Lipinski definition) is 6. The van der Waals surface area contributed by atoms with Crippen LogP contribution < -0.4 is 10.6 Å². The van der Waals surface area contributed by atoms with Crippen LogP contribution in [0.4, 0.5) is 21.8 Å². The number of amides is 1. The summed E-state index contributed by atoms with van der Waals surface area (Å²) in [5, 5.41) is 19.7. The van der Waals surface area contributed by atoms with Crippen molar-refractivity contribution in [1.29, 1.82) is 5.26 Å². The van der Waals surface area contributed by atoms with Gasteiger partial charge in [0.15, 0.2) is 0 Å². The van der Waals surface area contributed by atoms with Crippen LogP contribution in [-0.2, 0) is 18.3 Å². The van der Waals surface area contributed by atoms with Gasteiger partial charge in [-0.25, -0.2) is 14.4 Å². The fourth-order valence-electron chi connectivity index (χ4n) is 3.15. The first-order valence-corrected chi connectivity index (χ1v) is 10.2. The summed E-state index contributed by atoms with van der Waals surface area (Å²) >= 11 is 6.10. The van der Waals surface area contributed by atoms with Gasteiger partial charge in [0.2, 0.25) is 11.9 Å². The third kappa shape index (κ3) is 4.97. The molecule has 0 fully saturated rings. The van der Waals surface area contributed by atoms with Crippen molar-refractivity contribution in [2.45, 2.75) is 6.42 Å². The molecule has 8 nitrogen and oxygen atoms in total. The molecule has 0 radical (unpaired) electrons. The van der Waals surface area contributed by atoms with Gasteiger partial charge in [-0.1, -0.05) is 29.8 Å². The first-order valence-electron chi connectivity index (χ1n) is 9.80. The van der Waals surface area contributed by atoms with Crippen LogP contribution in [0, 0.1) is 17.1 Å². The molecule has 2 aromatic carbocycles. The van der Waals surface area contributed by atoms with E-state index < -0.39 is 11.7 Å². The number of halogens is 2. The number of carbonyl (C=O) groups excluding carboxylic acids is 1. The minimum atomic E-state index is -0.646. The predicted octanol–water partition coefficient (Wildman–Crippen LogP) is 4.47. The van der Waals surface area contributed by atoms with Crippen LogP contribution >= 0.6 is 11.6 Å². The number of benzene rings is 2. The quantitative estimate of drug-likeness (QED) is 0.438. The molecule has 164 valence electrons. The molecule has 33 heavy (non-hydrogen) atoms. The zero-order valence-electron chi connectivity index (χ0n) is 17.4. The lowest BCUT2D eigenvalue weighted by molar-refractivity contribution is -0.115. The Hall–Kier alpha value is -4.29. The van der Waals surface area contributed by atoms with Crippen molar-refractivity contribution < 1.29 is 9.18 Å². The molecule has 2 aromatic heterocycles. The van der Waals surface area contributed by atoms with E-state index in [4.69, 9.17) is 11.6 Å². The van der Waals surface area contributed by atoms with Crippen LogP contribution in [-0.4, -0.2) is 25.7 Å². The second kappa shape index (κ2) is 9.46. The van der Waals surface area contributed by atoms with Gasteiger partial charge in [-0.15, -0.1) is 0 Å². The summed E-state index contributed by atoms with van der Waals surface area (Å²) in [6.07, 6.45) is 3.08. The zero-order chi connectivity index (χ0) is 23.4. The predicted molar refractivity (Wildman–Crippen MR) is 122 cm³/mol. The summed E-state index contributed by atoms with van der Waals surface area (Å²) in [7, 11) is 1.75. The molecular weight excluding hydrogens is 445 g/mol. The smallest absolute Gasteiger partial charge is 0.228 e. The van der Waals surface area contributed by atoms with Crippen LogP contribution in [0.25, 0.3) is 11.3 Å². The van der Waals surface area contributed by atoms with Gasteiger partial charge in [-0.05, 0) is 29.8 Å². The summed E-state index contributed by atoms with van der Waals surface area (Å²) in [5.74, 6) is -0.170. The number of nitriles is 1. The highest BCUT2D eigenvalue weighted by Crippen LogP contribution is 2.28. The van der Waals surface area contributed by atoms with Crippen LogP contribution in [0.5, 0.6) is 0 Å². The summed E-state index contributed by atoms with van der Waals surface area (Å²) < 4.78 is 16.6. The van der Waals surface area contributed by atoms with Gasteiger partial charge in [0.25, 0.3) is 0 Å². The van der Waals surface area contributed by atoms with E-state index in [1.807, 2.05) is 6.07 Å². The van der Waals surface area contributed by atoms with Crippen molar-refractivity contribution in [3.63, 3.8) is 0 Å². The van der Waals surface area contributed by atoms with Gasteiger partial charge in [-0.2, -0.15) is 10.4 Å². The Morgan fingerprint density at radius 2 is 2.03 bits per heavy atom. The molecule has 2 heterocycles. The number of rotatable bonds is 6. The van der Waals surface area contributed by atoms with Crippen LogP contribution in [0.15, 0.2) is 60.9 Å². The summed E-state index contributed by atoms with van der Waals surface area (Å²) in [6, 6.07) is 14.6. The van der Waals surface area contributed by atoms with Gasteiger partial charge >= 0.3 is 0 Å². The monoisotopic (exact) mass is 461 g/mol. The van der Waals surface area contributed by atoms with Crippen molar-refractivity contribution >= 4 is 35.0 Å². The fraction of sp³-hybridized carbons (Fsp3) is 0.0870. The van der Waals surface area contributed by atoms with E-state index in [1.54, 1.807) is 48.3 Å². The number of aromatic nitrogens is 4. The van der Waals surface area contributed by atoms with Crippen molar-refractivity contribution in [2.75, 3.05) is 10.6 Å². The molecule has 0 aliphatic rings. The molecule has 2 N–H and O–H groups in total. The summed E-state index contributed by atoms with van der Waals surface area (Å²) in [4.78, 5) is 20.9. The standard InChI is InChI=1S/C23H17ClFN7O/c1-32-21(7-9-28-32)31-23-27-8-6-19(30-23)16-10-15(13-26)20(12-18(16)25)29-22(33)11-14-4-2-3-5-17(14)24/h2-10,12H,11H2,1H3,(H,29,33)(H,27,30,31). The number of hydrogen-bond donors (Lipinski definition) is 2. The maximum absolute atomic E-state index is 15.0. The third-order valence-electron chi connectivity index (χ3n) is 4.80. The van der Waals surface area contributed by atoms with Gasteiger partial charge in [0.1, 0.15) is 17.7 Å². The van der Waals surface area contributed by atoms with E-state index in [9.17, 15) is 14.4 Å². The van der Waals surface area contributed by atoms with E-state index in [0.29, 0.717) is 16.4 Å². The molecule has 0 atom stereocenters. The topological polar surface area (TPSA) is 109 Å². The van der Waals surface area contributed by atoms with Crippen molar-refractivity contribution in [3.05, 3.63) is 82.9 Å². The third-order valence-corrected chi connectivity index (χ3v) is 5.17. The van der Waals surface area contributed by atoms with E-state index in [1.165, 1.54) is 18.3 Å². The lowest BCUT2D eigenvalue weighted by Crippen LogP contribution is -2.16. The molecule has 0 spiro atoms. The van der Waals surface area contributed by atoms with Crippen molar-refractivity contribution in [2.24, 2.45) is 7.05 Å². The second-order valence-corrected chi connectivity index (χ2v) is 7.44. The van der Waals surface area contributed by atoms with Gasteiger partial charge in [0, 0.05) is 29.9 Å². The Morgan fingerprint density at radius 3 is 2.76 bits per heavy atom. The number of anilines is 3.